The first kappa shape index (κ1) is 10.4. The van der Waals surface area contributed by atoms with Crippen molar-refractivity contribution in [3.05, 3.63) is 0 Å². The van der Waals surface area contributed by atoms with Crippen LogP contribution in [-0.2, 0) is 0 Å². The zero-order chi connectivity index (χ0) is 11.1. The van der Waals surface area contributed by atoms with Gasteiger partial charge in [0.05, 0.1) is 0 Å². The molecule has 4 heteroatoms. The Morgan fingerprint density at radius 1 is 1.25 bits per heavy atom. The fourth-order valence-corrected chi connectivity index (χ4v) is 3.08. The van der Waals surface area contributed by atoms with Crippen LogP contribution in [0.25, 0.3) is 0 Å². The molecular weight excluding hydrogens is 202 g/mol. The lowest BCUT2D eigenvalue weighted by atomic mass is 10.00. The quantitative estimate of drug-likeness (QED) is 0.685. The van der Waals surface area contributed by atoms with Crippen molar-refractivity contribution < 1.29 is 4.79 Å². The third-order valence-corrected chi connectivity index (χ3v) is 4.45. The monoisotopic (exact) mass is 223 g/mol. The summed E-state index contributed by atoms with van der Waals surface area (Å²) in [4.78, 5) is 14.0. The molecule has 2 amide bonds. The lowest BCUT2D eigenvalue weighted by Crippen LogP contribution is -2.46. The lowest BCUT2D eigenvalue weighted by molar-refractivity contribution is 0.172. The molecule has 16 heavy (non-hydrogen) atoms. The Bertz CT molecular complexity index is 276. The van der Waals surface area contributed by atoms with Gasteiger partial charge in [-0.25, -0.2) is 4.79 Å². The molecular formula is C12H21N3O. The molecule has 2 N–H and O–H groups in total. The summed E-state index contributed by atoms with van der Waals surface area (Å²) in [5.74, 6) is 2.22. The van der Waals surface area contributed by atoms with Gasteiger partial charge in [-0.1, -0.05) is 6.92 Å². The van der Waals surface area contributed by atoms with Gasteiger partial charge in [0.1, 0.15) is 0 Å². The summed E-state index contributed by atoms with van der Waals surface area (Å²) < 4.78 is 0. The Balaban J connectivity index is 1.47. The average molecular weight is 223 g/mol. The van der Waals surface area contributed by atoms with Crippen molar-refractivity contribution in [2.24, 2.45) is 17.8 Å². The Morgan fingerprint density at radius 3 is 2.50 bits per heavy atom. The van der Waals surface area contributed by atoms with Crippen molar-refractivity contribution >= 4 is 6.03 Å². The highest BCUT2D eigenvalue weighted by molar-refractivity contribution is 5.75. The molecule has 0 aromatic heterocycles. The van der Waals surface area contributed by atoms with Crippen molar-refractivity contribution in [2.45, 2.75) is 25.8 Å². The van der Waals surface area contributed by atoms with E-state index in [1.54, 1.807) is 0 Å². The second-order valence-corrected chi connectivity index (χ2v) is 5.63. The van der Waals surface area contributed by atoms with E-state index in [1.807, 2.05) is 4.90 Å². The molecule has 0 aromatic rings. The molecule has 2 aliphatic heterocycles. The van der Waals surface area contributed by atoms with Crippen LogP contribution in [0.3, 0.4) is 0 Å². The number of hydrogen-bond acceptors (Lipinski definition) is 2. The van der Waals surface area contributed by atoms with Crippen molar-refractivity contribution in [1.82, 2.24) is 15.5 Å². The second kappa shape index (κ2) is 3.91. The summed E-state index contributed by atoms with van der Waals surface area (Å²) in [6, 6.07) is 0.638. The van der Waals surface area contributed by atoms with E-state index in [1.165, 1.54) is 0 Å². The highest BCUT2D eigenvalue weighted by atomic mass is 16.2. The van der Waals surface area contributed by atoms with Crippen LogP contribution in [-0.4, -0.2) is 43.2 Å². The number of amides is 2. The Kier molecular flexibility index (Phi) is 2.54. The van der Waals surface area contributed by atoms with Crippen molar-refractivity contribution in [2.75, 3.05) is 26.2 Å². The summed E-state index contributed by atoms with van der Waals surface area (Å²) in [7, 11) is 0. The van der Waals surface area contributed by atoms with Gasteiger partial charge >= 0.3 is 6.03 Å². The topological polar surface area (TPSA) is 44.4 Å². The third-order valence-electron chi connectivity index (χ3n) is 4.45. The summed E-state index contributed by atoms with van der Waals surface area (Å²) >= 11 is 0. The summed E-state index contributed by atoms with van der Waals surface area (Å²) in [5.41, 5.74) is 0. The highest BCUT2D eigenvalue weighted by Gasteiger charge is 2.53. The molecule has 1 aliphatic carbocycles. The molecule has 90 valence electrons. The molecule has 0 bridgehead atoms. The maximum absolute atomic E-state index is 12.0. The smallest absolute Gasteiger partial charge is 0.317 e. The molecule has 0 aromatic carbocycles. The fourth-order valence-electron chi connectivity index (χ4n) is 3.08. The van der Waals surface area contributed by atoms with Crippen LogP contribution in [0, 0.1) is 17.8 Å². The van der Waals surface area contributed by atoms with Crippen LogP contribution in [0.2, 0.25) is 0 Å². The van der Waals surface area contributed by atoms with Crippen molar-refractivity contribution in [1.29, 1.82) is 0 Å². The van der Waals surface area contributed by atoms with E-state index in [0.717, 1.165) is 44.9 Å². The Labute approximate surface area is 96.8 Å². The van der Waals surface area contributed by atoms with Gasteiger partial charge in [-0.3, -0.25) is 0 Å². The van der Waals surface area contributed by atoms with E-state index >= 15 is 0 Å². The first-order valence-corrected chi connectivity index (χ1v) is 6.52. The summed E-state index contributed by atoms with van der Waals surface area (Å²) in [5, 5.41) is 6.53. The van der Waals surface area contributed by atoms with Crippen LogP contribution >= 0.6 is 0 Å². The van der Waals surface area contributed by atoms with Gasteiger partial charge in [0.25, 0.3) is 0 Å². The van der Waals surface area contributed by atoms with Gasteiger partial charge in [-0.15, -0.1) is 0 Å². The number of urea groups is 1. The minimum atomic E-state index is 0.173. The Morgan fingerprint density at radius 2 is 1.88 bits per heavy atom. The molecule has 2 saturated heterocycles. The molecule has 3 aliphatic rings. The number of carbonyl (C=O) groups is 1. The van der Waals surface area contributed by atoms with E-state index in [2.05, 4.69) is 17.6 Å². The first-order chi connectivity index (χ1) is 7.75. The number of hydrogen-bond donors (Lipinski definition) is 2. The molecule has 2 unspecified atom stereocenters. The largest absolute Gasteiger partial charge is 0.335 e. The maximum Gasteiger partial charge on any atom is 0.317 e. The van der Waals surface area contributed by atoms with Gasteiger partial charge < -0.3 is 15.5 Å². The number of fused-ring (bicyclic) bond motifs is 1. The van der Waals surface area contributed by atoms with Gasteiger partial charge in [-0.05, 0) is 30.6 Å². The molecule has 0 radical (unpaired) electrons. The predicted octanol–water partition coefficient (Wildman–Crippen LogP) is 0.646. The van der Waals surface area contributed by atoms with Crippen molar-refractivity contribution in [3.8, 4) is 0 Å². The Hall–Kier alpha value is -0.770. The SMILES string of the molecule is CC1CCN(C(=O)NC2C3CNCC32)CC1. The zero-order valence-corrected chi connectivity index (χ0v) is 9.91. The highest BCUT2D eigenvalue weighted by Crippen LogP contribution is 2.41. The van der Waals surface area contributed by atoms with E-state index in [0.29, 0.717) is 17.9 Å². The number of likely N-dealkylation sites (tertiary alicyclic amines) is 1. The van der Waals surface area contributed by atoms with Crippen LogP contribution in [0.4, 0.5) is 4.79 Å². The fraction of sp³-hybridized carbons (Fsp3) is 0.917. The van der Waals surface area contributed by atoms with Crippen LogP contribution < -0.4 is 10.6 Å². The van der Waals surface area contributed by atoms with Crippen molar-refractivity contribution in [3.63, 3.8) is 0 Å². The van der Waals surface area contributed by atoms with E-state index in [4.69, 9.17) is 0 Å². The second-order valence-electron chi connectivity index (χ2n) is 5.63. The summed E-state index contributed by atoms with van der Waals surface area (Å²) in [6.45, 7) is 6.33. The van der Waals surface area contributed by atoms with E-state index < -0.39 is 0 Å². The van der Waals surface area contributed by atoms with Crippen LogP contribution in [0.1, 0.15) is 19.8 Å². The predicted molar refractivity (Wildman–Crippen MR) is 62.1 cm³/mol. The van der Waals surface area contributed by atoms with Gasteiger partial charge in [0.2, 0.25) is 0 Å². The number of carbonyl (C=O) groups excluding carboxylic acids is 1. The van der Waals surface area contributed by atoms with Crippen LogP contribution in [0.15, 0.2) is 0 Å². The molecule has 3 rings (SSSR count). The third kappa shape index (κ3) is 1.79. The molecule has 1 saturated carbocycles. The normalized spacial score (nSPS) is 38.3. The minimum Gasteiger partial charge on any atom is -0.335 e. The molecule has 2 heterocycles. The summed E-state index contributed by atoms with van der Waals surface area (Å²) in [6.07, 6.45) is 2.32. The number of nitrogens with one attached hydrogen (secondary N) is 2. The minimum absolute atomic E-state index is 0.173. The van der Waals surface area contributed by atoms with Gasteiger partial charge in [0.15, 0.2) is 0 Å². The maximum atomic E-state index is 12.0. The zero-order valence-electron chi connectivity index (χ0n) is 9.91. The molecule has 3 fully saturated rings. The standard InChI is InChI=1S/C12H21N3O/c1-8-2-4-15(5-3-8)12(16)14-11-9-6-13-7-10(9)11/h8-11,13H,2-7H2,1H3,(H,14,16). The molecule has 0 spiro atoms. The molecule has 2 atom stereocenters. The average Bonchev–Trinajstić information content (AvgIpc) is 2.75. The van der Waals surface area contributed by atoms with Crippen LogP contribution in [0.5, 0.6) is 0 Å². The lowest BCUT2D eigenvalue weighted by Gasteiger charge is -2.30. The van der Waals surface area contributed by atoms with E-state index in [-0.39, 0.29) is 6.03 Å². The van der Waals surface area contributed by atoms with Gasteiger partial charge in [0, 0.05) is 32.2 Å². The van der Waals surface area contributed by atoms with E-state index in [9.17, 15) is 4.79 Å². The molecule has 4 nitrogen and oxygen atoms in total. The number of piperidine rings is 2. The number of nitrogens with zero attached hydrogens (tertiary/aromatic N) is 1. The first-order valence-electron chi connectivity index (χ1n) is 6.52. The number of rotatable bonds is 1. The van der Waals surface area contributed by atoms with Gasteiger partial charge in [-0.2, -0.15) is 0 Å².